The number of halogens is 4. The highest BCUT2D eigenvalue weighted by Gasteiger charge is 2.27. The van der Waals surface area contributed by atoms with Crippen LogP contribution in [0.3, 0.4) is 0 Å². The molecule has 278 valence electrons. The second-order valence-electron chi connectivity index (χ2n) is 12.6. The van der Waals surface area contributed by atoms with Gasteiger partial charge in [-0.1, -0.05) is 29.3 Å². The van der Waals surface area contributed by atoms with Crippen LogP contribution < -0.4 is 23.7 Å². The Bertz CT molecular complexity index is 1770. The van der Waals surface area contributed by atoms with Gasteiger partial charge >= 0.3 is 12.6 Å². The zero-order chi connectivity index (χ0) is 36.7. The minimum absolute atomic E-state index is 0.00942. The second kappa shape index (κ2) is 17.3. The van der Waals surface area contributed by atoms with Gasteiger partial charge in [-0.25, -0.2) is 13.2 Å². The maximum atomic E-state index is 13.7. The summed E-state index contributed by atoms with van der Waals surface area (Å²) in [6.45, 7) is 1.39. The van der Waals surface area contributed by atoms with Gasteiger partial charge in [0, 0.05) is 38.2 Å². The molecule has 1 N–H and O–H groups in total. The Morgan fingerprint density at radius 2 is 1.73 bits per heavy atom. The fourth-order valence-corrected chi connectivity index (χ4v) is 7.25. The molecule has 12 nitrogen and oxygen atoms in total. The summed E-state index contributed by atoms with van der Waals surface area (Å²) in [6, 6.07) is 8.32. The number of likely N-dealkylation sites (N-methyl/N-ethyl adjacent to an activating group) is 1. The number of sulfonamides is 1. The Morgan fingerprint density at radius 1 is 1.04 bits per heavy atom. The summed E-state index contributed by atoms with van der Waals surface area (Å²) < 4.78 is 77.4. The van der Waals surface area contributed by atoms with Crippen molar-refractivity contribution in [2.24, 2.45) is 5.92 Å². The molecular formula is C34H40Cl2F2N4O8S. The average molecular weight is 774 g/mol. The number of ether oxygens (including phenoxy) is 4. The molecule has 1 aliphatic carbocycles. The van der Waals surface area contributed by atoms with Gasteiger partial charge in [0.15, 0.2) is 23.9 Å². The van der Waals surface area contributed by atoms with Crippen molar-refractivity contribution in [3.8, 4) is 17.2 Å². The average Bonchev–Trinajstić information content (AvgIpc) is 3.90. The zero-order valence-electron chi connectivity index (χ0n) is 28.2. The fourth-order valence-electron chi connectivity index (χ4n) is 5.54. The van der Waals surface area contributed by atoms with Crippen LogP contribution in [0, 0.1) is 11.1 Å². The zero-order valence-corrected chi connectivity index (χ0v) is 30.5. The van der Waals surface area contributed by atoms with Gasteiger partial charge in [-0.2, -0.15) is 13.5 Å². The first-order chi connectivity index (χ1) is 24.3. The number of aromatic nitrogens is 1. The summed E-state index contributed by atoms with van der Waals surface area (Å²) in [5.41, 5.74) is 0.649. The lowest BCUT2D eigenvalue weighted by molar-refractivity contribution is -0.605. The Morgan fingerprint density at radius 3 is 2.37 bits per heavy atom. The third kappa shape index (κ3) is 11.2. The minimum Gasteiger partial charge on any atom is -0.619 e. The van der Waals surface area contributed by atoms with Gasteiger partial charge in [0.05, 0.1) is 30.7 Å². The molecule has 1 atom stereocenters. The van der Waals surface area contributed by atoms with Crippen LogP contribution in [0.25, 0.3) is 0 Å². The summed E-state index contributed by atoms with van der Waals surface area (Å²) in [7, 11) is -0.398. The number of benzene rings is 2. The van der Waals surface area contributed by atoms with Gasteiger partial charge < -0.3 is 34.0 Å². The van der Waals surface area contributed by atoms with Crippen molar-refractivity contribution in [1.29, 1.82) is 0 Å². The maximum Gasteiger partial charge on any atom is 0.387 e. The van der Waals surface area contributed by atoms with Crippen molar-refractivity contribution in [1.82, 2.24) is 9.80 Å². The van der Waals surface area contributed by atoms with Gasteiger partial charge in [-0.3, -0.25) is 4.72 Å². The molecule has 1 aliphatic heterocycles. The number of rotatable bonds is 17. The highest BCUT2D eigenvalue weighted by Crippen LogP contribution is 2.38. The first-order valence-corrected chi connectivity index (χ1v) is 18.8. The van der Waals surface area contributed by atoms with Crippen molar-refractivity contribution >= 4 is 44.9 Å². The smallest absolute Gasteiger partial charge is 0.387 e. The second-order valence-corrected chi connectivity index (χ2v) is 15.2. The molecule has 5 rings (SSSR count). The first kappa shape index (κ1) is 38.6. The van der Waals surface area contributed by atoms with Gasteiger partial charge in [0.25, 0.3) is 0 Å². The number of pyridine rings is 1. The topological polar surface area (TPSA) is 134 Å². The molecule has 1 aromatic heterocycles. The molecule has 0 unspecified atom stereocenters. The predicted octanol–water partition coefficient (Wildman–Crippen LogP) is 5.55. The fraction of sp³-hybridized carbons (Fsp3) is 0.471. The summed E-state index contributed by atoms with van der Waals surface area (Å²) in [5, 5.41) is 11.9. The van der Waals surface area contributed by atoms with Crippen LogP contribution in [0.1, 0.15) is 46.9 Å². The quantitative estimate of drug-likeness (QED) is 0.106. The largest absolute Gasteiger partial charge is 0.619 e. The molecule has 51 heavy (non-hydrogen) atoms. The monoisotopic (exact) mass is 772 g/mol. The number of alkyl halides is 2. The lowest BCUT2D eigenvalue weighted by Gasteiger charge is -2.32. The number of esters is 1. The van der Waals surface area contributed by atoms with Crippen LogP contribution in [0.15, 0.2) is 48.8 Å². The van der Waals surface area contributed by atoms with E-state index in [4.69, 9.17) is 37.4 Å². The summed E-state index contributed by atoms with van der Waals surface area (Å²) in [4.78, 5) is 18.2. The van der Waals surface area contributed by atoms with Crippen molar-refractivity contribution < 1.29 is 45.7 Å². The van der Waals surface area contributed by atoms with Crippen LogP contribution in [-0.2, 0) is 21.2 Å². The number of anilines is 1. The summed E-state index contributed by atoms with van der Waals surface area (Å²) >= 11 is 12.7. The van der Waals surface area contributed by atoms with Gasteiger partial charge in [-0.15, -0.1) is 0 Å². The highest BCUT2D eigenvalue weighted by atomic mass is 35.5. The van der Waals surface area contributed by atoms with E-state index >= 15 is 0 Å². The molecule has 17 heteroatoms. The standard InChI is InChI=1S/C34H40Cl2F2N4O8S/c1-40-11-13-41(14-12-40)10-3-15-51(45,46)39-28-16-24(7-8-29(28)47-2)33(43)49-31(18-25-26(35)19-42(44)20-27(25)36)23-6-9-30(50-34(37)38)32(17-23)48-21-22-4-5-22/h6-9,16-17,19-20,22,31,34,39H,3-5,10-15,18,21H2,1-2H3/t31-/m0/s1. The third-order valence-corrected chi connectivity index (χ3v) is 10.6. The molecule has 2 aliphatic rings. The predicted molar refractivity (Wildman–Crippen MR) is 188 cm³/mol. The van der Waals surface area contributed by atoms with Crippen LogP contribution in [0.5, 0.6) is 17.2 Å². The van der Waals surface area contributed by atoms with E-state index < -0.39 is 28.7 Å². The molecule has 1 saturated carbocycles. The van der Waals surface area contributed by atoms with E-state index in [0.29, 0.717) is 29.2 Å². The third-order valence-electron chi connectivity index (χ3n) is 8.61. The van der Waals surface area contributed by atoms with Crippen LogP contribution in [0.2, 0.25) is 10.0 Å². The number of carbonyl (C=O) groups is 1. The normalized spacial score (nSPS) is 16.1. The molecule has 2 heterocycles. The number of methoxy groups -OCH3 is 1. The van der Waals surface area contributed by atoms with E-state index in [2.05, 4.69) is 26.3 Å². The molecule has 0 spiro atoms. The van der Waals surface area contributed by atoms with Gasteiger partial charge in [0.1, 0.15) is 21.9 Å². The van der Waals surface area contributed by atoms with E-state index in [-0.39, 0.29) is 62.9 Å². The number of hydrogen-bond acceptors (Lipinski definition) is 10. The molecule has 2 aromatic carbocycles. The summed E-state index contributed by atoms with van der Waals surface area (Å²) in [5.74, 6) is -0.686. The molecule has 0 amide bonds. The minimum atomic E-state index is -3.82. The molecule has 0 bridgehead atoms. The lowest BCUT2D eigenvalue weighted by Crippen LogP contribution is -2.45. The van der Waals surface area contributed by atoms with Crippen LogP contribution in [-0.4, -0.2) is 90.0 Å². The van der Waals surface area contributed by atoms with E-state index in [1.165, 1.54) is 43.5 Å². The molecule has 2 fully saturated rings. The molecule has 3 aromatic rings. The SMILES string of the molecule is COc1ccc(C(=O)O[C@@H](Cc2c(Cl)c[n+]([O-])cc2Cl)c2ccc(OC(F)F)c(OCC3CC3)c2)cc1NS(=O)(=O)CCCN1CCN(C)CC1. The molecule has 1 saturated heterocycles. The number of nitrogens with one attached hydrogen (secondary N) is 1. The Hall–Kier alpha value is -3.63. The van der Waals surface area contributed by atoms with Crippen molar-refractivity contribution in [3.63, 3.8) is 0 Å². The molecular weight excluding hydrogens is 733 g/mol. The Labute approximate surface area is 305 Å². The van der Waals surface area contributed by atoms with Gasteiger partial charge in [-0.05, 0) is 74.7 Å². The maximum absolute atomic E-state index is 13.7. The Kier molecular flexibility index (Phi) is 13.1. The van der Waals surface area contributed by atoms with E-state index in [9.17, 15) is 27.2 Å². The summed E-state index contributed by atoms with van der Waals surface area (Å²) in [6.07, 6.45) is 3.25. The van der Waals surface area contributed by atoms with Crippen molar-refractivity contribution in [2.45, 2.75) is 38.4 Å². The lowest BCUT2D eigenvalue weighted by atomic mass is 10.0. The van der Waals surface area contributed by atoms with Crippen molar-refractivity contribution in [2.75, 3.05) is 64.0 Å². The first-order valence-electron chi connectivity index (χ1n) is 16.4. The van der Waals surface area contributed by atoms with Crippen molar-refractivity contribution in [3.05, 3.63) is 80.7 Å². The molecule has 0 radical (unpaired) electrons. The number of hydrogen-bond donors (Lipinski definition) is 1. The van der Waals surface area contributed by atoms with E-state index in [1.807, 2.05) is 0 Å². The van der Waals surface area contributed by atoms with Crippen LogP contribution >= 0.6 is 23.2 Å². The van der Waals surface area contributed by atoms with E-state index in [0.717, 1.165) is 51.4 Å². The van der Waals surface area contributed by atoms with E-state index in [1.54, 1.807) is 0 Å². The highest BCUT2D eigenvalue weighted by molar-refractivity contribution is 7.92. The van der Waals surface area contributed by atoms with Crippen LogP contribution in [0.4, 0.5) is 14.5 Å². The Balaban J connectivity index is 1.38. The number of carbonyl (C=O) groups excluding carboxylic acids is 1. The number of nitrogens with zero attached hydrogens (tertiary/aromatic N) is 3. The number of piperazine rings is 1. The van der Waals surface area contributed by atoms with Gasteiger partial charge in [0.2, 0.25) is 10.0 Å².